The van der Waals surface area contributed by atoms with E-state index in [2.05, 4.69) is 0 Å². The van der Waals surface area contributed by atoms with Gasteiger partial charge in [-0.1, -0.05) is 121 Å². The molecule has 0 unspecified atom stereocenters. The van der Waals surface area contributed by atoms with Crippen LogP contribution in [0.4, 0.5) is 0 Å². The quantitative estimate of drug-likeness (QED) is 0.151. The molecule has 1 saturated heterocycles. The van der Waals surface area contributed by atoms with Crippen molar-refractivity contribution in [1.82, 2.24) is 0 Å². The lowest BCUT2D eigenvalue weighted by Crippen LogP contribution is -2.62. The van der Waals surface area contributed by atoms with Gasteiger partial charge in [0.05, 0.1) is 33.0 Å². The molecule has 1 aliphatic rings. The van der Waals surface area contributed by atoms with Gasteiger partial charge in [-0.05, 0) is 29.2 Å². The minimum atomic E-state index is -0.884. The first-order chi connectivity index (χ1) is 21.7. The monoisotopic (exact) mass is 596 g/mol. The zero-order chi connectivity index (χ0) is 30.4. The number of carbonyl (C=O) groups excluding carboxylic acids is 1. The summed E-state index contributed by atoms with van der Waals surface area (Å²) >= 11 is 0. The Bertz CT molecular complexity index is 1370. The minimum Gasteiger partial charge on any atom is -0.374 e. The van der Waals surface area contributed by atoms with Crippen LogP contribution >= 0.6 is 0 Å². The minimum absolute atomic E-state index is 0.114. The molecule has 0 radical (unpaired) electrons. The summed E-state index contributed by atoms with van der Waals surface area (Å²) in [6, 6.07) is 39.8. The molecule has 0 aliphatic carbocycles. The number of hydrogen-bond acceptors (Lipinski definition) is 7. The van der Waals surface area contributed by atoms with Crippen molar-refractivity contribution in [1.29, 1.82) is 0 Å². The SMILES string of the molecule is CC(=O)CO[C@@H]1O[C@H](COCc2ccccc2)[C@@H](OCc2ccccc2)[C@H](OCc2ccccc2)[C@H]1OCc1ccccc1. The van der Waals surface area contributed by atoms with Gasteiger partial charge in [0.2, 0.25) is 0 Å². The summed E-state index contributed by atoms with van der Waals surface area (Å²) in [6.45, 7) is 2.99. The third-order valence-corrected chi connectivity index (χ3v) is 7.29. The zero-order valence-electron chi connectivity index (χ0n) is 25.0. The van der Waals surface area contributed by atoms with Crippen LogP contribution in [0.15, 0.2) is 121 Å². The molecule has 0 N–H and O–H groups in total. The van der Waals surface area contributed by atoms with Gasteiger partial charge < -0.3 is 28.4 Å². The van der Waals surface area contributed by atoms with Crippen molar-refractivity contribution in [2.75, 3.05) is 13.2 Å². The molecular weight excluding hydrogens is 556 g/mol. The maximum atomic E-state index is 12.0. The summed E-state index contributed by atoms with van der Waals surface area (Å²) in [4.78, 5) is 12.0. The van der Waals surface area contributed by atoms with Gasteiger partial charge >= 0.3 is 0 Å². The van der Waals surface area contributed by atoms with E-state index in [9.17, 15) is 4.79 Å². The van der Waals surface area contributed by atoms with Crippen molar-refractivity contribution < 1.29 is 33.2 Å². The van der Waals surface area contributed by atoms with Gasteiger partial charge in [0, 0.05) is 0 Å². The van der Waals surface area contributed by atoms with E-state index >= 15 is 0 Å². The van der Waals surface area contributed by atoms with Crippen molar-refractivity contribution in [3.8, 4) is 0 Å². The van der Waals surface area contributed by atoms with Crippen molar-refractivity contribution in [3.63, 3.8) is 0 Å². The molecule has 0 aromatic heterocycles. The van der Waals surface area contributed by atoms with Gasteiger partial charge in [-0.3, -0.25) is 4.79 Å². The largest absolute Gasteiger partial charge is 0.374 e. The fourth-order valence-corrected chi connectivity index (χ4v) is 5.08. The fraction of sp³-hybridized carbons (Fsp3) is 0.324. The van der Waals surface area contributed by atoms with E-state index < -0.39 is 30.7 Å². The van der Waals surface area contributed by atoms with Crippen molar-refractivity contribution in [2.24, 2.45) is 0 Å². The summed E-state index contributed by atoms with van der Waals surface area (Å²) in [7, 11) is 0. The average molecular weight is 597 g/mol. The number of benzene rings is 4. The van der Waals surface area contributed by atoms with Gasteiger partial charge in [-0.15, -0.1) is 0 Å². The smallest absolute Gasteiger partial charge is 0.187 e. The molecule has 1 heterocycles. The number of rotatable bonds is 16. The predicted octanol–water partition coefficient (Wildman–Crippen LogP) is 6.29. The van der Waals surface area contributed by atoms with E-state index in [4.69, 9.17) is 28.4 Å². The first kappa shape index (κ1) is 31.7. The van der Waals surface area contributed by atoms with Crippen LogP contribution in [0.5, 0.6) is 0 Å². The highest BCUT2D eigenvalue weighted by atomic mass is 16.7. The summed E-state index contributed by atoms with van der Waals surface area (Å²) in [5, 5.41) is 0. The molecule has 0 amide bonds. The summed E-state index contributed by atoms with van der Waals surface area (Å²) in [6.07, 6.45) is -3.29. The first-order valence-corrected chi connectivity index (χ1v) is 15.0. The van der Waals surface area contributed by atoms with Crippen LogP contribution in [0, 0.1) is 0 Å². The molecule has 44 heavy (non-hydrogen) atoms. The molecule has 5 atom stereocenters. The molecule has 1 aliphatic heterocycles. The lowest BCUT2D eigenvalue weighted by molar-refractivity contribution is -0.326. The van der Waals surface area contributed by atoms with Crippen LogP contribution in [-0.4, -0.2) is 49.7 Å². The Morgan fingerprint density at radius 1 is 0.545 bits per heavy atom. The van der Waals surface area contributed by atoms with E-state index in [0.29, 0.717) is 26.4 Å². The first-order valence-electron chi connectivity index (χ1n) is 15.0. The van der Waals surface area contributed by atoms with Crippen LogP contribution in [0.25, 0.3) is 0 Å². The highest BCUT2D eigenvalue weighted by Crippen LogP contribution is 2.31. The van der Waals surface area contributed by atoms with Crippen LogP contribution in [0.3, 0.4) is 0 Å². The van der Waals surface area contributed by atoms with Gasteiger partial charge in [-0.25, -0.2) is 0 Å². The lowest BCUT2D eigenvalue weighted by atomic mass is 9.97. The molecule has 7 heteroatoms. The van der Waals surface area contributed by atoms with Crippen molar-refractivity contribution >= 4 is 5.78 Å². The van der Waals surface area contributed by atoms with Gasteiger partial charge in [0.1, 0.15) is 31.0 Å². The van der Waals surface area contributed by atoms with Gasteiger partial charge in [0.25, 0.3) is 0 Å². The number of Topliss-reactive ketones (excluding diaryl/α,β-unsaturated/α-hetero) is 1. The Kier molecular flexibility index (Phi) is 12.2. The molecule has 0 spiro atoms. The highest BCUT2D eigenvalue weighted by Gasteiger charge is 2.49. The maximum Gasteiger partial charge on any atom is 0.187 e. The predicted molar refractivity (Wildman–Crippen MR) is 166 cm³/mol. The Balaban J connectivity index is 1.42. The second kappa shape index (κ2) is 17.0. The molecule has 0 saturated carbocycles. The Labute approximate surface area is 259 Å². The third-order valence-electron chi connectivity index (χ3n) is 7.29. The zero-order valence-corrected chi connectivity index (χ0v) is 25.0. The Morgan fingerprint density at radius 2 is 0.955 bits per heavy atom. The Hall–Kier alpha value is -3.69. The number of ketones is 1. The highest BCUT2D eigenvalue weighted by molar-refractivity contribution is 5.76. The van der Waals surface area contributed by atoms with Gasteiger partial charge in [0.15, 0.2) is 12.1 Å². The van der Waals surface area contributed by atoms with Gasteiger partial charge in [-0.2, -0.15) is 0 Å². The summed E-state index contributed by atoms with van der Waals surface area (Å²) in [5.74, 6) is -0.114. The maximum absolute atomic E-state index is 12.0. The van der Waals surface area contributed by atoms with E-state index in [1.807, 2.05) is 121 Å². The lowest BCUT2D eigenvalue weighted by Gasteiger charge is -2.45. The average Bonchev–Trinajstić information content (AvgIpc) is 3.07. The summed E-state index contributed by atoms with van der Waals surface area (Å²) in [5.41, 5.74) is 4.08. The molecule has 4 aromatic rings. The normalized spacial score (nSPS) is 21.6. The molecule has 0 bridgehead atoms. The van der Waals surface area contributed by atoms with Crippen LogP contribution < -0.4 is 0 Å². The topological polar surface area (TPSA) is 72.5 Å². The van der Waals surface area contributed by atoms with Crippen molar-refractivity contribution in [2.45, 2.75) is 64.1 Å². The fourth-order valence-electron chi connectivity index (χ4n) is 5.08. The molecule has 1 fully saturated rings. The second-order valence-electron chi connectivity index (χ2n) is 10.8. The molecule has 4 aromatic carbocycles. The molecule has 230 valence electrons. The number of hydrogen-bond donors (Lipinski definition) is 0. The van der Waals surface area contributed by atoms with Crippen molar-refractivity contribution in [3.05, 3.63) is 144 Å². The van der Waals surface area contributed by atoms with E-state index in [0.717, 1.165) is 22.3 Å². The van der Waals surface area contributed by atoms with Crippen LogP contribution in [0.1, 0.15) is 29.2 Å². The van der Waals surface area contributed by atoms with Crippen LogP contribution in [-0.2, 0) is 59.6 Å². The standard InChI is InChI=1S/C37H40O7/c1-28(38)22-43-37-36(42-26-32-20-12-5-13-21-32)35(41-25-31-18-10-4-11-19-31)34(40-24-30-16-8-3-9-17-30)33(44-37)27-39-23-29-14-6-2-7-15-29/h2-21,33-37H,22-27H2,1H3/t33-,34-,35+,36-,37-/m1/s1. The third kappa shape index (κ3) is 9.66. The summed E-state index contributed by atoms with van der Waals surface area (Å²) < 4.78 is 38.5. The van der Waals surface area contributed by atoms with E-state index in [1.54, 1.807) is 0 Å². The second-order valence-corrected chi connectivity index (χ2v) is 10.8. The Morgan fingerprint density at radius 3 is 1.41 bits per heavy atom. The van der Waals surface area contributed by atoms with E-state index in [1.165, 1.54) is 6.92 Å². The van der Waals surface area contributed by atoms with Crippen LogP contribution in [0.2, 0.25) is 0 Å². The number of carbonyl (C=O) groups is 1. The molecule has 7 nitrogen and oxygen atoms in total. The van der Waals surface area contributed by atoms with E-state index in [-0.39, 0.29) is 19.0 Å². The number of ether oxygens (including phenoxy) is 6. The molecule has 5 rings (SSSR count). The molecular formula is C37H40O7.